The van der Waals surface area contributed by atoms with E-state index < -0.39 is 10.8 Å². The fourth-order valence-electron chi connectivity index (χ4n) is 1.82. The lowest BCUT2D eigenvalue weighted by atomic mass is 10.1. The summed E-state index contributed by atoms with van der Waals surface area (Å²) in [5.74, 6) is 0.819. The van der Waals surface area contributed by atoms with Crippen LogP contribution in [0.15, 0.2) is 0 Å². The summed E-state index contributed by atoms with van der Waals surface area (Å²) in [6, 6.07) is 1.17. The Kier molecular flexibility index (Phi) is 5.67. The van der Waals surface area contributed by atoms with Gasteiger partial charge in [0, 0.05) is 34.9 Å². The van der Waals surface area contributed by atoms with E-state index in [1.54, 1.807) is 6.26 Å². The number of hydrogen-bond acceptors (Lipinski definition) is 3. The molecule has 1 fully saturated rings. The van der Waals surface area contributed by atoms with E-state index in [9.17, 15) is 4.21 Å². The van der Waals surface area contributed by atoms with Crippen LogP contribution in [0.3, 0.4) is 0 Å². The number of rotatable bonds is 5. The van der Waals surface area contributed by atoms with Gasteiger partial charge >= 0.3 is 0 Å². The first kappa shape index (κ1) is 12.1. The average Bonchev–Trinajstić information content (AvgIpc) is 2.16. The molecule has 0 aromatic heterocycles. The first-order valence-corrected chi connectivity index (χ1v) is 7.18. The van der Waals surface area contributed by atoms with Gasteiger partial charge in [-0.25, -0.2) is 0 Å². The molecule has 0 aromatic carbocycles. The van der Waals surface area contributed by atoms with E-state index in [1.165, 1.54) is 12.8 Å². The first-order chi connectivity index (χ1) is 6.68. The van der Waals surface area contributed by atoms with Crippen molar-refractivity contribution < 1.29 is 4.21 Å². The van der Waals surface area contributed by atoms with Crippen molar-refractivity contribution in [3.63, 3.8) is 0 Å². The van der Waals surface area contributed by atoms with Crippen molar-refractivity contribution in [2.75, 3.05) is 25.1 Å². The van der Waals surface area contributed by atoms with Gasteiger partial charge in [0.25, 0.3) is 0 Å². The van der Waals surface area contributed by atoms with Crippen LogP contribution < -0.4 is 10.6 Å². The summed E-state index contributed by atoms with van der Waals surface area (Å²) in [6.07, 6.45) is 5.24. The van der Waals surface area contributed by atoms with E-state index >= 15 is 0 Å². The highest BCUT2D eigenvalue weighted by Gasteiger charge is 2.14. The molecule has 84 valence electrons. The van der Waals surface area contributed by atoms with Gasteiger partial charge in [-0.15, -0.1) is 0 Å². The lowest BCUT2D eigenvalue weighted by Crippen LogP contribution is -2.44. The molecule has 0 aromatic rings. The van der Waals surface area contributed by atoms with Gasteiger partial charge < -0.3 is 10.6 Å². The molecule has 2 N–H and O–H groups in total. The molecule has 0 spiro atoms. The van der Waals surface area contributed by atoms with Gasteiger partial charge in [-0.05, 0) is 39.3 Å². The summed E-state index contributed by atoms with van der Waals surface area (Å²) in [6.45, 7) is 4.45. The summed E-state index contributed by atoms with van der Waals surface area (Å²) in [7, 11) is -0.645. The standard InChI is InChI=1S/C10H22N2OS/c1-9(5-8-14(2)13)12-10-3-6-11-7-4-10/h9-12H,3-8H2,1-2H3. The topological polar surface area (TPSA) is 41.1 Å². The Morgan fingerprint density at radius 3 is 2.71 bits per heavy atom. The zero-order chi connectivity index (χ0) is 10.4. The van der Waals surface area contributed by atoms with Gasteiger partial charge in [-0.2, -0.15) is 0 Å². The zero-order valence-electron chi connectivity index (χ0n) is 9.21. The van der Waals surface area contributed by atoms with E-state index in [4.69, 9.17) is 0 Å². The van der Waals surface area contributed by atoms with Gasteiger partial charge in [-0.1, -0.05) is 0 Å². The maximum Gasteiger partial charge on any atom is 0.0246 e. The summed E-state index contributed by atoms with van der Waals surface area (Å²) in [5.41, 5.74) is 0. The van der Waals surface area contributed by atoms with Crippen LogP contribution in [-0.2, 0) is 10.8 Å². The van der Waals surface area contributed by atoms with E-state index in [-0.39, 0.29) is 0 Å². The average molecular weight is 218 g/mol. The highest BCUT2D eigenvalue weighted by Crippen LogP contribution is 2.04. The zero-order valence-corrected chi connectivity index (χ0v) is 10.0. The quantitative estimate of drug-likeness (QED) is 0.705. The Labute approximate surface area is 89.5 Å². The van der Waals surface area contributed by atoms with Crippen molar-refractivity contribution in [1.82, 2.24) is 10.6 Å². The van der Waals surface area contributed by atoms with Crippen LogP contribution in [0.2, 0.25) is 0 Å². The molecule has 14 heavy (non-hydrogen) atoms. The summed E-state index contributed by atoms with van der Waals surface area (Å²) in [4.78, 5) is 0. The van der Waals surface area contributed by atoms with E-state index in [1.807, 2.05) is 0 Å². The Morgan fingerprint density at radius 1 is 1.50 bits per heavy atom. The van der Waals surface area contributed by atoms with Crippen LogP contribution in [0.4, 0.5) is 0 Å². The van der Waals surface area contributed by atoms with Crippen molar-refractivity contribution >= 4 is 10.8 Å². The molecule has 0 radical (unpaired) electrons. The fraction of sp³-hybridized carbons (Fsp3) is 1.00. The Hall–Kier alpha value is 0.0700. The fourth-order valence-corrected chi connectivity index (χ4v) is 2.50. The number of hydrogen-bond donors (Lipinski definition) is 2. The third-order valence-electron chi connectivity index (χ3n) is 2.70. The number of nitrogens with one attached hydrogen (secondary N) is 2. The van der Waals surface area contributed by atoms with Crippen molar-refractivity contribution in [3.05, 3.63) is 0 Å². The second-order valence-electron chi connectivity index (χ2n) is 4.16. The summed E-state index contributed by atoms with van der Waals surface area (Å²) < 4.78 is 10.9. The van der Waals surface area contributed by atoms with Crippen molar-refractivity contribution in [1.29, 1.82) is 0 Å². The number of piperidine rings is 1. The molecule has 1 rings (SSSR count). The molecule has 0 aliphatic carbocycles. The van der Waals surface area contributed by atoms with Gasteiger partial charge in [0.15, 0.2) is 0 Å². The molecule has 1 aliphatic rings. The second-order valence-corrected chi connectivity index (χ2v) is 5.71. The Morgan fingerprint density at radius 2 is 2.14 bits per heavy atom. The van der Waals surface area contributed by atoms with Crippen molar-refractivity contribution in [2.45, 2.75) is 38.3 Å². The van der Waals surface area contributed by atoms with E-state index in [0.717, 1.165) is 25.3 Å². The molecule has 0 saturated carbocycles. The highest BCUT2D eigenvalue weighted by molar-refractivity contribution is 7.84. The van der Waals surface area contributed by atoms with Crippen LogP contribution in [0.5, 0.6) is 0 Å². The Balaban J connectivity index is 2.11. The second kappa shape index (κ2) is 6.53. The smallest absolute Gasteiger partial charge is 0.0246 e. The lowest BCUT2D eigenvalue weighted by molar-refractivity contribution is 0.352. The molecule has 2 unspecified atom stereocenters. The molecule has 4 heteroatoms. The molecule has 0 amide bonds. The van der Waals surface area contributed by atoms with Crippen molar-refractivity contribution in [3.8, 4) is 0 Å². The highest BCUT2D eigenvalue weighted by atomic mass is 32.2. The molecule has 0 bridgehead atoms. The molecular weight excluding hydrogens is 196 g/mol. The van der Waals surface area contributed by atoms with Gasteiger partial charge in [0.1, 0.15) is 0 Å². The van der Waals surface area contributed by atoms with Crippen LogP contribution in [0.25, 0.3) is 0 Å². The summed E-state index contributed by atoms with van der Waals surface area (Å²) in [5, 5.41) is 6.95. The maximum atomic E-state index is 10.9. The molecule has 1 saturated heterocycles. The van der Waals surface area contributed by atoms with Crippen LogP contribution in [-0.4, -0.2) is 41.4 Å². The minimum absolute atomic E-state index is 0.502. The van der Waals surface area contributed by atoms with Crippen LogP contribution >= 0.6 is 0 Å². The largest absolute Gasteiger partial charge is 0.317 e. The van der Waals surface area contributed by atoms with Gasteiger partial charge in [0.2, 0.25) is 0 Å². The van der Waals surface area contributed by atoms with Gasteiger partial charge in [-0.3, -0.25) is 4.21 Å². The third-order valence-corrected chi connectivity index (χ3v) is 3.51. The van der Waals surface area contributed by atoms with Gasteiger partial charge in [0.05, 0.1) is 0 Å². The molecule has 3 nitrogen and oxygen atoms in total. The predicted octanol–water partition coefficient (Wildman–Crippen LogP) is 0.485. The maximum absolute atomic E-state index is 10.9. The summed E-state index contributed by atoms with van der Waals surface area (Å²) >= 11 is 0. The minimum atomic E-state index is -0.645. The molecule has 1 aliphatic heterocycles. The van der Waals surface area contributed by atoms with Crippen molar-refractivity contribution in [2.24, 2.45) is 0 Å². The minimum Gasteiger partial charge on any atom is -0.317 e. The third kappa shape index (κ3) is 5.08. The SMILES string of the molecule is CC(CCS(C)=O)NC1CCNCC1. The van der Waals surface area contributed by atoms with E-state index in [0.29, 0.717) is 12.1 Å². The van der Waals surface area contributed by atoms with Crippen LogP contribution in [0, 0.1) is 0 Å². The molecule has 1 heterocycles. The van der Waals surface area contributed by atoms with E-state index in [2.05, 4.69) is 17.6 Å². The normalized spacial score (nSPS) is 23.3. The van der Waals surface area contributed by atoms with Crippen LogP contribution in [0.1, 0.15) is 26.2 Å². The predicted molar refractivity (Wildman–Crippen MR) is 62.0 cm³/mol. The molecule has 2 atom stereocenters. The molecular formula is C10H22N2OS. The Bertz CT molecular complexity index is 181. The lowest BCUT2D eigenvalue weighted by Gasteiger charge is -2.27. The monoisotopic (exact) mass is 218 g/mol. The first-order valence-electron chi connectivity index (χ1n) is 5.45.